The highest BCUT2D eigenvalue weighted by atomic mass is 35.5. The molecule has 0 aliphatic heterocycles. The van der Waals surface area contributed by atoms with E-state index in [2.05, 4.69) is 21.8 Å². The molecule has 3 rings (SSSR count). The first kappa shape index (κ1) is 21.2. The number of amides is 1. The van der Waals surface area contributed by atoms with Crippen molar-refractivity contribution in [1.29, 1.82) is 0 Å². The third-order valence-electron chi connectivity index (χ3n) is 4.74. The highest BCUT2D eigenvalue weighted by molar-refractivity contribution is 6.31. The summed E-state index contributed by atoms with van der Waals surface area (Å²) in [5.41, 5.74) is 21.5. The van der Waals surface area contributed by atoms with Gasteiger partial charge >= 0.3 is 0 Å². The lowest BCUT2D eigenvalue weighted by molar-refractivity contribution is 0.100. The number of rotatable bonds is 4. The smallest absolute Gasteiger partial charge is 0.248 e. The number of halogens is 1. The fraction of sp³-hybridized carbons (Fsp3) is 0.174. The number of anilines is 2. The summed E-state index contributed by atoms with van der Waals surface area (Å²) in [7, 11) is 0. The second kappa shape index (κ2) is 8.85. The standard InChI is InChI=1S/C23H22ClN5O/c1-3-20-17(21(25)29-23(27)28-20)10-4-13(2)18-12-16(9-11-19(18)24)14-5-7-15(8-6-14)22(26)30/h5-9,11-13H,3H2,1-2H3,(H2,26,30)(H4,25,27,28,29)/t13-/m0/s1. The lowest BCUT2D eigenvalue weighted by Gasteiger charge is -2.11. The summed E-state index contributed by atoms with van der Waals surface area (Å²) < 4.78 is 0. The van der Waals surface area contributed by atoms with Gasteiger partial charge in [0.15, 0.2) is 0 Å². The van der Waals surface area contributed by atoms with Crippen molar-refractivity contribution in [2.45, 2.75) is 26.2 Å². The first-order valence-electron chi connectivity index (χ1n) is 9.43. The molecule has 2 aromatic carbocycles. The number of primary amides is 1. The third-order valence-corrected chi connectivity index (χ3v) is 5.09. The Morgan fingerprint density at radius 3 is 2.40 bits per heavy atom. The average Bonchev–Trinajstić information content (AvgIpc) is 2.72. The number of carbonyl (C=O) groups is 1. The molecule has 0 saturated carbocycles. The van der Waals surface area contributed by atoms with Gasteiger partial charge in [-0.05, 0) is 54.3 Å². The van der Waals surface area contributed by atoms with Crippen molar-refractivity contribution in [3.63, 3.8) is 0 Å². The number of carbonyl (C=O) groups excluding carboxylic acids is 1. The van der Waals surface area contributed by atoms with E-state index in [9.17, 15) is 4.79 Å². The van der Waals surface area contributed by atoms with E-state index in [-0.39, 0.29) is 17.7 Å². The van der Waals surface area contributed by atoms with Gasteiger partial charge in [0.25, 0.3) is 0 Å². The van der Waals surface area contributed by atoms with Crippen LogP contribution in [0.5, 0.6) is 0 Å². The summed E-state index contributed by atoms with van der Waals surface area (Å²) in [6, 6.07) is 12.9. The molecule has 1 atom stereocenters. The molecule has 0 saturated heterocycles. The molecular formula is C23H22ClN5O. The quantitative estimate of drug-likeness (QED) is 0.555. The average molecular weight is 420 g/mol. The Bertz CT molecular complexity index is 1160. The minimum absolute atomic E-state index is 0.140. The van der Waals surface area contributed by atoms with Crippen molar-refractivity contribution in [2.24, 2.45) is 5.73 Å². The molecule has 1 aromatic heterocycles. The Hall–Kier alpha value is -3.56. The molecule has 0 spiro atoms. The number of aromatic nitrogens is 2. The van der Waals surface area contributed by atoms with Crippen LogP contribution < -0.4 is 17.2 Å². The molecule has 0 aliphatic rings. The first-order valence-corrected chi connectivity index (χ1v) is 9.81. The Balaban J connectivity index is 1.95. The van der Waals surface area contributed by atoms with E-state index in [1.807, 2.05) is 44.2 Å². The Morgan fingerprint density at radius 2 is 1.77 bits per heavy atom. The van der Waals surface area contributed by atoms with E-state index in [4.69, 9.17) is 28.8 Å². The van der Waals surface area contributed by atoms with Gasteiger partial charge in [0.05, 0.1) is 11.3 Å². The van der Waals surface area contributed by atoms with E-state index in [1.54, 1.807) is 12.1 Å². The molecular weight excluding hydrogens is 398 g/mol. The maximum Gasteiger partial charge on any atom is 0.248 e. The lowest BCUT2D eigenvalue weighted by atomic mass is 9.95. The van der Waals surface area contributed by atoms with Crippen LogP contribution in [0.3, 0.4) is 0 Å². The third kappa shape index (κ3) is 4.53. The maximum absolute atomic E-state index is 11.3. The van der Waals surface area contributed by atoms with E-state index in [0.29, 0.717) is 28.3 Å². The normalized spacial score (nSPS) is 11.4. The molecule has 6 nitrogen and oxygen atoms in total. The molecule has 152 valence electrons. The van der Waals surface area contributed by atoms with Gasteiger partial charge in [0, 0.05) is 16.5 Å². The number of hydrogen-bond acceptors (Lipinski definition) is 5. The van der Waals surface area contributed by atoms with Gasteiger partial charge < -0.3 is 17.2 Å². The Labute approximate surface area is 180 Å². The summed E-state index contributed by atoms with van der Waals surface area (Å²) in [4.78, 5) is 19.5. The molecule has 3 aromatic rings. The zero-order valence-corrected chi connectivity index (χ0v) is 17.5. The summed E-state index contributed by atoms with van der Waals surface area (Å²) in [6.07, 6.45) is 0.646. The predicted molar refractivity (Wildman–Crippen MR) is 121 cm³/mol. The molecule has 0 unspecified atom stereocenters. The van der Waals surface area contributed by atoms with Crippen molar-refractivity contribution in [1.82, 2.24) is 9.97 Å². The van der Waals surface area contributed by atoms with Crippen molar-refractivity contribution < 1.29 is 4.79 Å². The molecule has 6 N–H and O–H groups in total. The molecule has 0 aliphatic carbocycles. The first-order chi connectivity index (χ1) is 14.3. The summed E-state index contributed by atoms with van der Waals surface area (Å²) >= 11 is 6.44. The molecule has 0 bridgehead atoms. The highest BCUT2D eigenvalue weighted by Gasteiger charge is 2.12. The second-order valence-electron chi connectivity index (χ2n) is 6.81. The van der Waals surface area contributed by atoms with Crippen molar-refractivity contribution >= 4 is 29.3 Å². The second-order valence-corrected chi connectivity index (χ2v) is 7.22. The largest absolute Gasteiger partial charge is 0.382 e. The number of benzene rings is 2. The minimum Gasteiger partial charge on any atom is -0.382 e. The van der Waals surface area contributed by atoms with Gasteiger partial charge in [-0.2, -0.15) is 4.98 Å². The molecule has 1 heterocycles. The monoisotopic (exact) mass is 419 g/mol. The van der Waals surface area contributed by atoms with Crippen molar-refractivity contribution in [2.75, 3.05) is 11.5 Å². The summed E-state index contributed by atoms with van der Waals surface area (Å²) in [5, 5.41) is 0.617. The van der Waals surface area contributed by atoms with Gasteiger partial charge in [-0.25, -0.2) is 4.98 Å². The number of nitrogens with zero attached hydrogens (tertiary/aromatic N) is 2. The minimum atomic E-state index is -0.459. The van der Waals surface area contributed by atoms with Crippen LogP contribution in [0.15, 0.2) is 42.5 Å². The molecule has 0 fully saturated rings. The van der Waals surface area contributed by atoms with Crippen LogP contribution >= 0.6 is 11.6 Å². The van der Waals surface area contributed by atoms with Gasteiger partial charge in [-0.3, -0.25) is 4.79 Å². The number of nitrogens with two attached hydrogens (primary N) is 3. The summed E-state index contributed by atoms with van der Waals surface area (Å²) in [6.45, 7) is 3.92. The zero-order chi connectivity index (χ0) is 21.8. The molecule has 0 radical (unpaired) electrons. The van der Waals surface area contributed by atoms with E-state index >= 15 is 0 Å². The molecule has 7 heteroatoms. The topological polar surface area (TPSA) is 121 Å². The Kier molecular flexibility index (Phi) is 6.24. The van der Waals surface area contributed by atoms with E-state index in [1.165, 1.54) is 0 Å². The maximum atomic E-state index is 11.3. The molecule has 30 heavy (non-hydrogen) atoms. The lowest BCUT2D eigenvalue weighted by Crippen LogP contribution is -2.10. The fourth-order valence-corrected chi connectivity index (χ4v) is 3.36. The number of aryl methyl sites for hydroxylation is 1. The van der Waals surface area contributed by atoms with Gasteiger partial charge in [-0.1, -0.05) is 48.6 Å². The molecule has 1 amide bonds. The number of nitrogen functional groups attached to an aromatic ring is 2. The van der Waals surface area contributed by atoms with Crippen molar-refractivity contribution in [3.8, 4) is 23.0 Å². The fourth-order valence-electron chi connectivity index (χ4n) is 3.08. The van der Waals surface area contributed by atoms with Crippen LogP contribution in [0.1, 0.15) is 46.9 Å². The van der Waals surface area contributed by atoms with E-state index < -0.39 is 5.91 Å². The van der Waals surface area contributed by atoms with Crippen molar-refractivity contribution in [3.05, 3.63) is 69.9 Å². The van der Waals surface area contributed by atoms with Crippen LogP contribution in [0, 0.1) is 11.8 Å². The Morgan fingerprint density at radius 1 is 1.10 bits per heavy atom. The van der Waals surface area contributed by atoms with Crippen LogP contribution in [-0.2, 0) is 6.42 Å². The summed E-state index contributed by atoms with van der Waals surface area (Å²) in [5.74, 6) is 6.09. The van der Waals surface area contributed by atoms with Gasteiger partial charge in [0.2, 0.25) is 11.9 Å². The SMILES string of the molecule is CCc1nc(N)nc(N)c1C#C[C@H](C)c1cc(-c2ccc(C(N)=O)cc2)ccc1Cl. The van der Waals surface area contributed by atoms with Crippen LogP contribution in [0.4, 0.5) is 11.8 Å². The van der Waals surface area contributed by atoms with Gasteiger partial charge in [-0.15, -0.1) is 0 Å². The van der Waals surface area contributed by atoms with E-state index in [0.717, 1.165) is 16.7 Å². The van der Waals surface area contributed by atoms with Crippen LogP contribution in [0.2, 0.25) is 5.02 Å². The van der Waals surface area contributed by atoms with Gasteiger partial charge in [0.1, 0.15) is 5.82 Å². The zero-order valence-electron chi connectivity index (χ0n) is 16.7. The van der Waals surface area contributed by atoms with Crippen LogP contribution in [-0.4, -0.2) is 15.9 Å². The number of hydrogen-bond donors (Lipinski definition) is 3. The predicted octanol–water partition coefficient (Wildman–Crippen LogP) is 3.78. The highest BCUT2D eigenvalue weighted by Crippen LogP contribution is 2.30. The van der Waals surface area contributed by atoms with Crippen LogP contribution in [0.25, 0.3) is 11.1 Å².